The predicted octanol–water partition coefficient (Wildman–Crippen LogP) is 5.04. The Labute approximate surface area is 163 Å². The number of fused-ring (bicyclic) bond motifs is 1. The third-order valence-corrected chi connectivity index (χ3v) is 3.73. The van der Waals surface area contributed by atoms with Gasteiger partial charge in [0.05, 0.1) is 17.5 Å². The standard InChI is InChI=1S/C17H11F7N4O2/c18-9-3-7(28-16(29)27-6-12(20)21)4-10(19)14(9)30-11-1-2-25-15-13(11)8(5-26-15)17(22,23)24/h1-5,12H,6H2,(H,25,26)(H2,27,28,29). The van der Waals surface area contributed by atoms with Crippen LogP contribution >= 0.6 is 0 Å². The second kappa shape index (κ2) is 8.08. The second-order valence-corrected chi connectivity index (χ2v) is 5.83. The molecule has 3 N–H and O–H groups in total. The second-order valence-electron chi connectivity index (χ2n) is 5.83. The molecule has 0 atom stereocenters. The smallest absolute Gasteiger partial charge is 0.418 e. The Morgan fingerprint density at radius 3 is 2.47 bits per heavy atom. The average Bonchev–Trinajstić information content (AvgIpc) is 3.08. The van der Waals surface area contributed by atoms with Crippen molar-refractivity contribution in [3.8, 4) is 11.5 Å². The zero-order valence-electron chi connectivity index (χ0n) is 14.6. The number of aromatic nitrogens is 2. The minimum atomic E-state index is -4.78. The van der Waals surface area contributed by atoms with E-state index in [-0.39, 0.29) is 5.65 Å². The zero-order chi connectivity index (χ0) is 22.1. The Balaban J connectivity index is 1.89. The highest BCUT2D eigenvalue weighted by atomic mass is 19.4. The van der Waals surface area contributed by atoms with E-state index in [1.54, 1.807) is 5.32 Å². The molecule has 2 aromatic heterocycles. The van der Waals surface area contributed by atoms with E-state index in [2.05, 4.69) is 9.97 Å². The number of rotatable bonds is 5. The molecule has 2 amide bonds. The highest BCUT2D eigenvalue weighted by molar-refractivity contribution is 5.89. The Morgan fingerprint density at radius 1 is 1.20 bits per heavy atom. The lowest BCUT2D eigenvalue weighted by Gasteiger charge is -2.13. The first-order valence-corrected chi connectivity index (χ1v) is 8.09. The maximum absolute atomic E-state index is 14.3. The van der Waals surface area contributed by atoms with Crippen molar-refractivity contribution >= 4 is 22.8 Å². The molecule has 0 fully saturated rings. The van der Waals surface area contributed by atoms with Crippen LogP contribution < -0.4 is 15.4 Å². The summed E-state index contributed by atoms with van der Waals surface area (Å²) in [6, 6.07) is 1.08. The van der Waals surface area contributed by atoms with Gasteiger partial charge in [0, 0.05) is 30.2 Å². The van der Waals surface area contributed by atoms with Crippen molar-refractivity contribution < 1.29 is 40.3 Å². The lowest BCUT2D eigenvalue weighted by molar-refractivity contribution is -0.136. The molecule has 6 nitrogen and oxygen atoms in total. The molecule has 160 valence electrons. The summed E-state index contributed by atoms with van der Waals surface area (Å²) in [6.45, 7) is -0.978. The number of ether oxygens (including phenoxy) is 1. The summed E-state index contributed by atoms with van der Waals surface area (Å²) in [4.78, 5) is 17.4. The number of halogens is 7. The fourth-order valence-corrected chi connectivity index (χ4v) is 2.52. The molecule has 0 spiro atoms. The Morgan fingerprint density at radius 2 is 1.87 bits per heavy atom. The molecule has 0 saturated carbocycles. The van der Waals surface area contributed by atoms with Crippen LogP contribution in [0.1, 0.15) is 5.56 Å². The van der Waals surface area contributed by atoms with Crippen LogP contribution in [-0.2, 0) is 6.18 Å². The Bertz CT molecular complexity index is 1060. The number of aromatic amines is 1. The minimum absolute atomic E-state index is 0.213. The van der Waals surface area contributed by atoms with Crippen LogP contribution in [0, 0.1) is 11.6 Å². The normalized spacial score (nSPS) is 11.7. The first-order valence-electron chi connectivity index (χ1n) is 8.09. The lowest BCUT2D eigenvalue weighted by atomic mass is 10.2. The van der Waals surface area contributed by atoms with Crippen LogP contribution in [0.2, 0.25) is 0 Å². The van der Waals surface area contributed by atoms with Gasteiger partial charge in [-0.3, -0.25) is 0 Å². The number of alkyl halides is 5. The summed E-state index contributed by atoms with van der Waals surface area (Å²) in [6.07, 6.45) is -5.89. The van der Waals surface area contributed by atoms with Crippen molar-refractivity contribution in [2.24, 2.45) is 0 Å². The Hall–Kier alpha value is -3.51. The fraction of sp³-hybridized carbons (Fsp3) is 0.176. The number of H-pyrrole nitrogens is 1. The number of pyridine rings is 1. The van der Waals surface area contributed by atoms with Gasteiger partial charge in [0.1, 0.15) is 11.4 Å². The van der Waals surface area contributed by atoms with Crippen molar-refractivity contribution in [2.45, 2.75) is 12.6 Å². The van der Waals surface area contributed by atoms with Gasteiger partial charge in [-0.1, -0.05) is 0 Å². The minimum Gasteiger partial charge on any atom is -0.450 e. The first-order chi connectivity index (χ1) is 14.1. The van der Waals surface area contributed by atoms with E-state index in [9.17, 15) is 35.5 Å². The summed E-state index contributed by atoms with van der Waals surface area (Å²) in [5.74, 6) is -4.25. The first kappa shape index (κ1) is 21.2. The lowest BCUT2D eigenvalue weighted by Crippen LogP contribution is -2.32. The number of carbonyl (C=O) groups excluding carboxylic acids is 1. The zero-order valence-corrected chi connectivity index (χ0v) is 14.6. The van der Waals surface area contributed by atoms with Crippen molar-refractivity contribution in [1.29, 1.82) is 0 Å². The molecular formula is C17H11F7N4O2. The van der Waals surface area contributed by atoms with Gasteiger partial charge >= 0.3 is 12.2 Å². The van der Waals surface area contributed by atoms with Gasteiger partial charge in [-0.2, -0.15) is 13.2 Å². The van der Waals surface area contributed by atoms with Crippen LogP contribution in [0.15, 0.2) is 30.6 Å². The van der Waals surface area contributed by atoms with E-state index in [0.29, 0.717) is 18.3 Å². The maximum Gasteiger partial charge on any atom is 0.418 e. The molecule has 0 aliphatic rings. The maximum atomic E-state index is 14.3. The number of carbonyl (C=O) groups is 1. The monoisotopic (exact) mass is 436 g/mol. The number of nitrogens with one attached hydrogen (secondary N) is 3. The van der Waals surface area contributed by atoms with E-state index in [1.807, 2.05) is 5.32 Å². The number of urea groups is 1. The molecular weight excluding hydrogens is 425 g/mol. The van der Waals surface area contributed by atoms with Gasteiger partial charge in [-0.05, 0) is 6.07 Å². The predicted molar refractivity (Wildman–Crippen MR) is 90.6 cm³/mol. The molecule has 0 aliphatic heterocycles. The summed E-state index contributed by atoms with van der Waals surface area (Å²) in [7, 11) is 0. The summed E-state index contributed by atoms with van der Waals surface area (Å²) < 4.78 is 97.3. The average molecular weight is 436 g/mol. The number of amides is 2. The molecule has 30 heavy (non-hydrogen) atoms. The highest BCUT2D eigenvalue weighted by Crippen LogP contribution is 2.40. The van der Waals surface area contributed by atoms with E-state index in [1.165, 1.54) is 0 Å². The SMILES string of the molecule is O=C(NCC(F)F)Nc1cc(F)c(Oc2ccnc3[nH]cc(C(F)(F)F)c23)c(F)c1. The summed E-state index contributed by atoms with van der Waals surface area (Å²) in [5.41, 5.74) is -1.79. The van der Waals surface area contributed by atoms with Crippen molar-refractivity contribution in [2.75, 3.05) is 11.9 Å². The third kappa shape index (κ3) is 4.55. The highest BCUT2D eigenvalue weighted by Gasteiger charge is 2.35. The van der Waals surface area contributed by atoms with Gasteiger partial charge in [0.2, 0.25) is 0 Å². The van der Waals surface area contributed by atoms with Gasteiger partial charge in [-0.15, -0.1) is 0 Å². The van der Waals surface area contributed by atoms with Gasteiger partial charge in [0.25, 0.3) is 6.43 Å². The van der Waals surface area contributed by atoms with Gasteiger partial charge in [0.15, 0.2) is 17.4 Å². The van der Waals surface area contributed by atoms with Gasteiger partial charge < -0.3 is 20.4 Å². The topological polar surface area (TPSA) is 79.0 Å². The van der Waals surface area contributed by atoms with E-state index < -0.39 is 64.9 Å². The third-order valence-electron chi connectivity index (χ3n) is 3.73. The van der Waals surface area contributed by atoms with Crippen molar-refractivity contribution in [1.82, 2.24) is 15.3 Å². The number of anilines is 1. The summed E-state index contributed by atoms with van der Waals surface area (Å²) in [5, 5.41) is 3.18. The van der Waals surface area contributed by atoms with Crippen LogP contribution in [-0.4, -0.2) is 29.0 Å². The molecule has 13 heteroatoms. The van der Waals surface area contributed by atoms with E-state index in [4.69, 9.17) is 4.74 Å². The molecule has 0 aliphatic carbocycles. The molecule has 3 rings (SSSR count). The molecule has 0 unspecified atom stereocenters. The van der Waals surface area contributed by atoms with Crippen LogP contribution in [0.5, 0.6) is 11.5 Å². The quantitative estimate of drug-likeness (QED) is 0.491. The number of hydrogen-bond acceptors (Lipinski definition) is 3. The fourth-order valence-electron chi connectivity index (χ4n) is 2.52. The largest absolute Gasteiger partial charge is 0.450 e. The van der Waals surface area contributed by atoms with E-state index in [0.717, 1.165) is 12.3 Å². The van der Waals surface area contributed by atoms with Crippen LogP contribution in [0.25, 0.3) is 11.0 Å². The van der Waals surface area contributed by atoms with Crippen molar-refractivity contribution in [3.05, 3.63) is 47.8 Å². The number of benzene rings is 1. The molecule has 0 bridgehead atoms. The Kier molecular flexibility index (Phi) is 5.71. The number of nitrogens with zero attached hydrogens (tertiary/aromatic N) is 1. The van der Waals surface area contributed by atoms with Crippen LogP contribution in [0.4, 0.5) is 41.2 Å². The number of hydrogen-bond donors (Lipinski definition) is 3. The molecule has 3 aromatic rings. The molecule has 0 radical (unpaired) electrons. The van der Waals surface area contributed by atoms with E-state index >= 15 is 0 Å². The van der Waals surface area contributed by atoms with Gasteiger partial charge in [-0.25, -0.2) is 27.3 Å². The molecule has 2 heterocycles. The van der Waals surface area contributed by atoms with Crippen molar-refractivity contribution in [3.63, 3.8) is 0 Å². The molecule has 0 saturated heterocycles. The van der Waals surface area contributed by atoms with Crippen LogP contribution in [0.3, 0.4) is 0 Å². The summed E-state index contributed by atoms with van der Waals surface area (Å²) >= 11 is 0. The molecule has 1 aromatic carbocycles.